The Bertz CT molecular complexity index is 465. The number of aliphatic hydroxyl groups is 2. The van der Waals surface area contributed by atoms with E-state index < -0.39 is 28.3 Å². The van der Waals surface area contributed by atoms with Gasteiger partial charge in [0.05, 0.1) is 23.4 Å². The smallest absolute Gasteiger partial charge is 0.181 e. The van der Waals surface area contributed by atoms with Gasteiger partial charge < -0.3 is 10.2 Å². The number of aliphatic hydroxyl groups excluding tert-OH is 2. The van der Waals surface area contributed by atoms with Crippen LogP contribution in [0.1, 0.15) is 11.1 Å². The Balaban J connectivity index is 3.13. The minimum Gasteiger partial charge on any atom is -0.394 e. The molecule has 0 aromatic heterocycles. The highest BCUT2D eigenvalue weighted by molar-refractivity contribution is 7.91. The van der Waals surface area contributed by atoms with Gasteiger partial charge in [-0.05, 0) is 31.0 Å². The highest BCUT2D eigenvalue weighted by Gasteiger charge is 2.21. The van der Waals surface area contributed by atoms with E-state index in [4.69, 9.17) is 5.11 Å². The zero-order valence-corrected chi connectivity index (χ0v) is 10.2. The summed E-state index contributed by atoms with van der Waals surface area (Å²) in [6.45, 7) is 3.01. The van der Waals surface area contributed by atoms with Gasteiger partial charge in [-0.2, -0.15) is 0 Å². The number of benzene rings is 1. The summed E-state index contributed by atoms with van der Waals surface area (Å²) in [5.41, 5.74) is 1.58. The first-order chi connectivity index (χ1) is 7.38. The van der Waals surface area contributed by atoms with Gasteiger partial charge in [0.25, 0.3) is 0 Å². The van der Waals surface area contributed by atoms with Crippen molar-refractivity contribution >= 4 is 9.84 Å². The van der Waals surface area contributed by atoms with Gasteiger partial charge in [-0.15, -0.1) is 0 Å². The molecule has 0 aliphatic heterocycles. The minimum atomic E-state index is -3.53. The van der Waals surface area contributed by atoms with Crippen LogP contribution in [-0.2, 0) is 9.84 Å². The molecule has 1 aromatic rings. The van der Waals surface area contributed by atoms with Crippen LogP contribution in [0, 0.1) is 13.8 Å². The molecular weight excluding hydrogens is 228 g/mol. The van der Waals surface area contributed by atoms with Crippen molar-refractivity contribution < 1.29 is 18.6 Å². The van der Waals surface area contributed by atoms with Crippen LogP contribution in [0.5, 0.6) is 0 Å². The fourth-order valence-electron chi connectivity index (χ4n) is 1.46. The maximum Gasteiger partial charge on any atom is 0.181 e. The van der Waals surface area contributed by atoms with Crippen molar-refractivity contribution in [3.05, 3.63) is 29.3 Å². The van der Waals surface area contributed by atoms with Crippen LogP contribution in [0.25, 0.3) is 0 Å². The van der Waals surface area contributed by atoms with E-state index in [1.807, 2.05) is 13.0 Å². The molecule has 5 heteroatoms. The number of hydrogen-bond acceptors (Lipinski definition) is 4. The molecule has 0 aliphatic carbocycles. The van der Waals surface area contributed by atoms with E-state index in [-0.39, 0.29) is 4.90 Å². The van der Waals surface area contributed by atoms with Gasteiger partial charge in [0, 0.05) is 0 Å². The fourth-order valence-corrected chi connectivity index (χ4v) is 3.16. The summed E-state index contributed by atoms with van der Waals surface area (Å²) in [5, 5.41) is 17.8. The fraction of sp³-hybridized carbons (Fsp3) is 0.455. The van der Waals surface area contributed by atoms with Gasteiger partial charge in [-0.25, -0.2) is 8.42 Å². The summed E-state index contributed by atoms with van der Waals surface area (Å²) < 4.78 is 23.8. The molecule has 1 rings (SSSR count). The maximum absolute atomic E-state index is 11.9. The van der Waals surface area contributed by atoms with Crippen molar-refractivity contribution in [2.75, 3.05) is 12.4 Å². The average Bonchev–Trinajstić information content (AvgIpc) is 2.21. The Hall–Kier alpha value is -0.910. The van der Waals surface area contributed by atoms with Gasteiger partial charge in [-0.1, -0.05) is 12.1 Å². The quantitative estimate of drug-likeness (QED) is 0.805. The Morgan fingerprint density at radius 3 is 2.50 bits per heavy atom. The Kier molecular flexibility index (Phi) is 4.07. The van der Waals surface area contributed by atoms with Crippen LogP contribution in [0.15, 0.2) is 23.1 Å². The molecule has 1 atom stereocenters. The molecular formula is C11H16O4S. The summed E-state index contributed by atoms with van der Waals surface area (Å²) in [4.78, 5) is 0.222. The minimum absolute atomic E-state index is 0.222. The van der Waals surface area contributed by atoms with E-state index in [9.17, 15) is 13.5 Å². The molecule has 0 saturated heterocycles. The van der Waals surface area contributed by atoms with E-state index in [1.54, 1.807) is 13.0 Å². The van der Waals surface area contributed by atoms with Gasteiger partial charge in [-0.3, -0.25) is 0 Å². The molecule has 90 valence electrons. The lowest BCUT2D eigenvalue weighted by molar-refractivity contribution is 0.112. The third kappa shape index (κ3) is 2.81. The third-order valence-electron chi connectivity index (χ3n) is 2.51. The lowest BCUT2D eigenvalue weighted by Crippen LogP contribution is -2.24. The lowest BCUT2D eigenvalue weighted by Gasteiger charge is -2.11. The van der Waals surface area contributed by atoms with E-state index in [1.165, 1.54) is 6.07 Å². The zero-order chi connectivity index (χ0) is 12.3. The van der Waals surface area contributed by atoms with Crippen LogP contribution >= 0.6 is 0 Å². The first-order valence-electron chi connectivity index (χ1n) is 4.96. The molecule has 0 bridgehead atoms. The normalized spacial score (nSPS) is 13.8. The van der Waals surface area contributed by atoms with E-state index in [0.717, 1.165) is 5.56 Å². The highest BCUT2D eigenvalue weighted by Crippen LogP contribution is 2.19. The monoisotopic (exact) mass is 244 g/mol. The maximum atomic E-state index is 11.9. The standard InChI is InChI=1S/C11H16O4S/c1-8-4-3-5-11(9(8)2)16(14,15)7-10(13)6-12/h3-5,10,12-13H,6-7H2,1-2H3/t10-/m1/s1. The molecule has 0 unspecified atom stereocenters. The van der Waals surface area contributed by atoms with Gasteiger partial charge in [0.2, 0.25) is 0 Å². The molecule has 1 aromatic carbocycles. The third-order valence-corrected chi connectivity index (χ3v) is 4.45. The van der Waals surface area contributed by atoms with Crippen molar-refractivity contribution in [2.24, 2.45) is 0 Å². The summed E-state index contributed by atoms with van der Waals surface area (Å²) >= 11 is 0. The summed E-state index contributed by atoms with van der Waals surface area (Å²) in [7, 11) is -3.53. The summed E-state index contributed by atoms with van der Waals surface area (Å²) in [6.07, 6.45) is -1.23. The second-order valence-electron chi connectivity index (χ2n) is 3.82. The van der Waals surface area contributed by atoms with E-state index in [0.29, 0.717) is 5.56 Å². The molecule has 0 spiro atoms. The van der Waals surface area contributed by atoms with E-state index in [2.05, 4.69) is 0 Å². The van der Waals surface area contributed by atoms with Crippen molar-refractivity contribution in [2.45, 2.75) is 24.8 Å². The first kappa shape index (κ1) is 13.2. The molecule has 0 radical (unpaired) electrons. The van der Waals surface area contributed by atoms with Crippen molar-refractivity contribution in [1.29, 1.82) is 0 Å². The van der Waals surface area contributed by atoms with Gasteiger partial charge in [0.1, 0.15) is 0 Å². The SMILES string of the molecule is Cc1cccc(S(=O)(=O)C[C@H](O)CO)c1C. The molecule has 0 fully saturated rings. The molecule has 16 heavy (non-hydrogen) atoms. The predicted octanol–water partition coefficient (Wildman–Crippen LogP) is 0.430. The molecule has 0 saturated carbocycles. The molecule has 2 N–H and O–H groups in total. The van der Waals surface area contributed by atoms with E-state index >= 15 is 0 Å². The van der Waals surface area contributed by atoms with Crippen LogP contribution in [0.2, 0.25) is 0 Å². The Morgan fingerprint density at radius 2 is 1.94 bits per heavy atom. The van der Waals surface area contributed by atoms with Crippen LogP contribution in [-0.4, -0.2) is 37.1 Å². The summed E-state index contributed by atoms with van der Waals surface area (Å²) in [5.74, 6) is -0.451. The Labute approximate surface area is 95.5 Å². The Morgan fingerprint density at radius 1 is 1.31 bits per heavy atom. The lowest BCUT2D eigenvalue weighted by atomic mass is 10.1. The molecule has 4 nitrogen and oxygen atoms in total. The number of rotatable bonds is 4. The van der Waals surface area contributed by atoms with Crippen LogP contribution in [0.3, 0.4) is 0 Å². The number of sulfone groups is 1. The largest absolute Gasteiger partial charge is 0.394 e. The van der Waals surface area contributed by atoms with Crippen LogP contribution < -0.4 is 0 Å². The topological polar surface area (TPSA) is 74.6 Å². The number of aryl methyl sites for hydroxylation is 1. The second-order valence-corrected chi connectivity index (χ2v) is 5.82. The van der Waals surface area contributed by atoms with Crippen molar-refractivity contribution in [1.82, 2.24) is 0 Å². The van der Waals surface area contributed by atoms with Crippen molar-refractivity contribution in [3.63, 3.8) is 0 Å². The highest BCUT2D eigenvalue weighted by atomic mass is 32.2. The zero-order valence-electron chi connectivity index (χ0n) is 9.34. The van der Waals surface area contributed by atoms with Gasteiger partial charge in [0.15, 0.2) is 9.84 Å². The molecule has 0 amide bonds. The van der Waals surface area contributed by atoms with Gasteiger partial charge >= 0.3 is 0 Å². The van der Waals surface area contributed by atoms with Crippen molar-refractivity contribution in [3.8, 4) is 0 Å². The summed E-state index contributed by atoms with van der Waals surface area (Å²) in [6, 6.07) is 5.01. The molecule has 0 aliphatic rings. The average molecular weight is 244 g/mol. The van der Waals surface area contributed by atoms with Crippen LogP contribution in [0.4, 0.5) is 0 Å². The molecule has 0 heterocycles. The first-order valence-corrected chi connectivity index (χ1v) is 6.61. The second kappa shape index (κ2) is 4.95. The number of hydrogen-bond donors (Lipinski definition) is 2. The predicted molar refractivity (Wildman–Crippen MR) is 61.1 cm³/mol.